The van der Waals surface area contributed by atoms with Gasteiger partial charge in [-0.2, -0.15) is 0 Å². The molecule has 0 saturated heterocycles. The monoisotopic (exact) mass is 1870 g/mol. The number of rotatable bonds is 16. The number of hydrogen-bond acceptors (Lipinski definition) is 16. The second-order valence-corrected chi connectivity index (χ2v) is 38.7. The molecule has 0 saturated carbocycles. The molecule has 26 rings (SSSR count). The molecular formula is C124H92N16O4. The molecule has 16 aromatic carbocycles. The highest BCUT2D eigenvalue weighted by Crippen LogP contribution is 2.47. The van der Waals surface area contributed by atoms with Crippen molar-refractivity contribution in [1.29, 1.82) is 0 Å². The third-order valence-electron chi connectivity index (χ3n) is 28.4. The Morgan fingerprint density at radius 2 is 0.319 bits per heavy atom. The number of nitrogens with zero attached hydrogens (tertiary/aromatic N) is 12. The Bertz CT molecular complexity index is 8560. The van der Waals surface area contributed by atoms with Crippen molar-refractivity contribution in [2.24, 2.45) is 0 Å². The minimum Gasteiger partial charge on any atom is -0.457 e. The average Bonchev–Trinajstić information content (AvgIpc) is 1.58. The Labute approximate surface area is 828 Å². The van der Waals surface area contributed by atoms with Gasteiger partial charge in [-0.3, -0.25) is 0 Å². The molecule has 692 valence electrons. The Kier molecular flexibility index (Phi) is 21.0. The van der Waals surface area contributed by atoms with Crippen LogP contribution >= 0.6 is 0 Å². The smallest absolute Gasteiger partial charge is 0.164 e. The molecule has 0 atom stereocenters. The maximum Gasteiger partial charge on any atom is 0.164 e. The van der Waals surface area contributed by atoms with Crippen molar-refractivity contribution in [2.75, 3.05) is 0 Å². The molecular weight excluding hydrogens is 1780 g/mol. The highest BCUT2D eigenvalue weighted by atomic mass is 16.5. The van der Waals surface area contributed by atoms with Crippen molar-refractivity contribution in [3.8, 4) is 137 Å². The number of ether oxygens (including phenoxy) is 4. The first-order valence-corrected chi connectivity index (χ1v) is 48.2. The van der Waals surface area contributed by atoms with Crippen molar-refractivity contribution in [3.05, 3.63) is 433 Å². The summed E-state index contributed by atoms with van der Waals surface area (Å²) in [5.74, 6) is 9.22. The lowest BCUT2D eigenvalue weighted by molar-refractivity contribution is 0.482. The summed E-state index contributed by atoms with van der Waals surface area (Å²) >= 11 is 0. The van der Waals surface area contributed by atoms with E-state index in [9.17, 15) is 0 Å². The molecule has 144 heavy (non-hydrogen) atoms. The molecule has 0 radical (unpaired) electrons. The minimum atomic E-state index is -0.226. The lowest BCUT2D eigenvalue weighted by Gasteiger charge is -2.26. The Morgan fingerprint density at radius 1 is 0.146 bits per heavy atom. The van der Waals surface area contributed by atoms with Crippen LogP contribution < -0.4 is 18.9 Å². The van der Waals surface area contributed by atoms with Crippen LogP contribution in [0.3, 0.4) is 0 Å². The molecule has 10 heterocycles. The maximum absolute atomic E-state index is 6.73. The Hall–Kier alpha value is -18.6. The number of benzene rings is 16. The van der Waals surface area contributed by atoms with E-state index in [-0.39, 0.29) is 21.7 Å². The SMILES string of the molecule is CC(C)(c1ccccc1)c1ccc(Oc2ccc3c(c2)-c2nc-3nc3[nH]c(nc4nc(nc5[nH]c(n2)c2cc(Oc6ccc(C(C)(C)c7ccccc7)cc6)ccc52)-c2ccc(Oc5ccc(C(C)(C)c6ccccc6)cc5)cc2-4)c2cc(Oc4ccc(C(C)(C)c5ccccc5)cc4)ccc32)cc1.c1ccc2c(c1)-c1nc-2nc2[nH]c(nc3nc(nc4[nH]c(n1)c1ccccc41)-c1ccccc1-3)c1ccccc21. The van der Waals surface area contributed by atoms with Gasteiger partial charge in [0.25, 0.3) is 0 Å². The van der Waals surface area contributed by atoms with Gasteiger partial charge in [0.15, 0.2) is 46.6 Å². The van der Waals surface area contributed by atoms with Crippen LogP contribution in [0, 0.1) is 0 Å². The van der Waals surface area contributed by atoms with E-state index in [0.29, 0.717) is 149 Å². The molecule has 4 aliphatic rings. The fraction of sp³-hybridized carbons (Fsp3) is 0.0968. The van der Waals surface area contributed by atoms with Gasteiger partial charge in [-0.05, 0) is 166 Å². The van der Waals surface area contributed by atoms with Crippen LogP contribution in [0.15, 0.2) is 388 Å². The van der Waals surface area contributed by atoms with Gasteiger partial charge in [0.1, 0.15) is 91.2 Å². The molecule has 0 spiro atoms. The number of fused-ring (bicyclic) bond motifs is 40. The van der Waals surface area contributed by atoms with Crippen molar-refractivity contribution in [1.82, 2.24) is 79.7 Å². The van der Waals surface area contributed by atoms with E-state index in [4.69, 9.17) is 78.8 Å². The summed E-state index contributed by atoms with van der Waals surface area (Å²) in [6.45, 7) is 17.9. The zero-order valence-corrected chi connectivity index (χ0v) is 79.9. The first kappa shape index (κ1) is 87.0. The van der Waals surface area contributed by atoms with E-state index < -0.39 is 0 Å². The zero-order chi connectivity index (χ0) is 97.1. The van der Waals surface area contributed by atoms with E-state index in [2.05, 4.69) is 221 Å². The highest BCUT2D eigenvalue weighted by molar-refractivity contribution is 6.09. The van der Waals surface area contributed by atoms with Crippen LogP contribution in [-0.2, 0) is 21.7 Å². The third-order valence-corrected chi connectivity index (χ3v) is 28.4. The molecule has 0 amide bonds. The van der Waals surface area contributed by atoms with Gasteiger partial charge in [-0.1, -0.05) is 322 Å². The van der Waals surface area contributed by atoms with Crippen LogP contribution in [0.2, 0.25) is 0 Å². The molecule has 16 bridgehead atoms. The Balaban J connectivity index is 0.000000224. The molecule has 20 nitrogen and oxygen atoms in total. The molecule has 0 unspecified atom stereocenters. The summed E-state index contributed by atoms with van der Waals surface area (Å²) in [4.78, 5) is 76.5. The average molecular weight is 1870 g/mol. The van der Waals surface area contributed by atoms with Gasteiger partial charge in [-0.25, -0.2) is 59.8 Å². The van der Waals surface area contributed by atoms with Crippen LogP contribution in [0.4, 0.5) is 0 Å². The predicted octanol–water partition coefficient (Wildman–Crippen LogP) is 30.2. The van der Waals surface area contributed by atoms with Crippen molar-refractivity contribution >= 4 is 88.3 Å². The quantitative estimate of drug-likeness (QED) is 0.0701. The number of aromatic amines is 4. The molecule has 6 aromatic heterocycles. The molecule has 0 fully saturated rings. The van der Waals surface area contributed by atoms with Gasteiger partial charge in [0, 0.05) is 109 Å². The lowest BCUT2D eigenvalue weighted by Crippen LogP contribution is -2.18. The van der Waals surface area contributed by atoms with Gasteiger partial charge >= 0.3 is 0 Å². The van der Waals surface area contributed by atoms with E-state index in [1.54, 1.807) is 0 Å². The van der Waals surface area contributed by atoms with Gasteiger partial charge < -0.3 is 38.9 Å². The molecule has 22 aromatic rings. The van der Waals surface area contributed by atoms with Gasteiger partial charge in [-0.15, -0.1) is 0 Å². The molecule has 0 aliphatic carbocycles. The topological polar surface area (TPSA) is 255 Å². The normalized spacial score (nSPS) is 12.2. The largest absolute Gasteiger partial charge is 0.457 e. The van der Waals surface area contributed by atoms with Crippen molar-refractivity contribution in [3.63, 3.8) is 0 Å². The Morgan fingerprint density at radius 3 is 0.562 bits per heavy atom. The lowest BCUT2D eigenvalue weighted by atomic mass is 9.78. The van der Waals surface area contributed by atoms with Gasteiger partial charge in [0.2, 0.25) is 0 Å². The first-order chi connectivity index (χ1) is 70.2. The predicted molar refractivity (Wildman–Crippen MR) is 572 cm³/mol. The van der Waals surface area contributed by atoms with Crippen LogP contribution in [-0.4, -0.2) is 79.7 Å². The molecule has 4 aliphatic heterocycles. The van der Waals surface area contributed by atoms with Crippen molar-refractivity contribution in [2.45, 2.75) is 77.0 Å². The van der Waals surface area contributed by atoms with Crippen LogP contribution in [0.25, 0.3) is 179 Å². The summed E-state index contributed by atoms with van der Waals surface area (Å²) in [5.41, 5.74) is 20.1. The summed E-state index contributed by atoms with van der Waals surface area (Å²) in [6.07, 6.45) is 0. The number of aromatic nitrogens is 16. The number of nitrogens with one attached hydrogen (secondary N) is 4. The fourth-order valence-corrected chi connectivity index (χ4v) is 19.9. The van der Waals surface area contributed by atoms with Crippen LogP contribution in [0.5, 0.6) is 46.0 Å². The summed E-state index contributed by atoms with van der Waals surface area (Å²) in [5, 5.41) is 6.86. The first-order valence-electron chi connectivity index (χ1n) is 48.2. The van der Waals surface area contributed by atoms with Crippen molar-refractivity contribution < 1.29 is 18.9 Å². The second kappa shape index (κ2) is 34.8. The second-order valence-electron chi connectivity index (χ2n) is 38.7. The number of hydrogen-bond donors (Lipinski definition) is 4. The fourth-order valence-electron chi connectivity index (χ4n) is 19.9. The van der Waals surface area contributed by atoms with E-state index >= 15 is 0 Å². The zero-order valence-electron chi connectivity index (χ0n) is 79.9. The molecule has 20 heteroatoms. The van der Waals surface area contributed by atoms with E-state index in [1.807, 2.05) is 243 Å². The van der Waals surface area contributed by atoms with E-state index in [0.717, 1.165) is 76.5 Å². The third kappa shape index (κ3) is 15.9. The maximum atomic E-state index is 6.73. The van der Waals surface area contributed by atoms with E-state index in [1.165, 1.54) is 44.5 Å². The highest BCUT2D eigenvalue weighted by Gasteiger charge is 2.32. The van der Waals surface area contributed by atoms with Crippen LogP contribution in [0.1, 0.15) is 99.9 Å². The molecule has 4 N–H and O–H groups in total. The minimum absolute atomic E-state index is 0.225. The summed E-state index contributed by atoms with van der Waals surface area (Å²) in [7, 11) is 0. The summed E-state index contributed by atoms with van der Waals surface area (Å²) in [6, 6.07) is 131. The number of H-pyrrole nitrogens is 4. The summed E-state index contributed by atoms with van der Waals surface area (Å²) < 4.78 is 26.9. The van der Waals surface area contributed by atoms with Gasteiger partial charge in [0.05, 0.1) is 0 Å². The standard InChI is InChI=1S/C92H74N8O4.C32H18N8/c1-89(2,57-21-13-9-14-22-57)61-29-37-65(38-30-61)101-69-45-49-73-77(53-69)85-95-81(73)93-82-75-51-47-71(103-67-41-33-63(34-42-67)91(5,6)59-25-17-11-18-26-59)55-79(75)87(97-82)100-88-80-56-72(104-68-43-35-64(36-44-68)92(7,8)60-27-19-12-20-28-60)48-52-76(80)84(98-88)94-83-74-50-46-70(54-78(74)86(96-83)99-85)102-66-39-31-62(32-40-66)90(3,4)58-23-15-10-16-24-58;1-2-10-18-17(9-1)25-33-26(18)38-28-21-13-5-6-14-22(21)30(35-28)40-32-24-16-8-7-15-23(24)31(36-32)39-29-20-12-4-3-11-19(20)27(34-29)37-25/h9-56H,1-8H3,(H2,93,94,95,96,97,98,99,100);1-16H,(H2,33,34,35,36,37,38,39,40).